The lowest BCUT2D eigenvalue weighted by atomic mass is 10.1. The number of nitrogens with zero attached hydrogens (tertiary/aromatic N) is 7. The summed E-state index contributed by atoms with van der Waals surface area (Å²) in [7, 11) is 3.68. The van der Waals surface area contributed by atoms with Crippen LogP contribution in [0.1, 0.15) is 30.3 Å². The summed E-state index contributed by atoms with van der Waals surface area (Å²) in [5.74, 6) is 3.58. The number of hydrogen-bond acceptors (Lipinski definition) is 10. The zero-order chi connectivity index (χ0) is 24.2. The second-order valence-electron chi connectivity index (χ2n) is 8.59. The minimum atomic E-state index is -0.00655. The zero-order valence-corrected chi connectivity index (χ0v) is 20.1. The van der Waals surface area contributed by atoms with E-state index in [0.29, 0.717) is 30.7 Å². The zero-order valence-electron chi connectivity index (χ0n) is 20.1. The van der Waals surface area contributed by atoms with Crippen molar-refractivity contribution in [3.8, 4) is 11.3 Å². The third kappa shape index (κ3) is 5.09. The molecule has 1 atom stereocenters. The summed E-state index contributed by atoms with van der Waals surface area (Å²) in [5.41, 5.74) is 2.66. The average molecular weight is 476 g/mol. The van der Waals surface area contributed by atoms with Crippen LogP contribution in [0.3, 0.4) is 0 Å². The summed E-state index contributed by atoms with van der Waals surface area (Å²) >= 11 is 0. The number of methoxy groups -OCH3 is 1. The summed E-state index contributed by atoms with van der Waals surface area (Å²) in [6, 6.07) is 9.69. The molecule has 1 aliphatic heterocycles. The molecule has 35 heavy (non-hydrogen) atoms. The van der Waals surface area contributed by atoms with Crippen LogP contribution in [0.15, 0.2) is 47.2 Å². The number of aromatic amines is 1. The number of anilines is 4. The van der Waals surface area contributed by atoms with Crippen LogP contribution in [0.5, 0.6) is 0 Å². The van der Waals surface area contributed by atoms with Gasteiger partial charge in [0.15, 0.2) is 11.6 Å². The molecule has 1 aliphatic rings. The Kier molecular flexibility index (Phi) is 6.57. The van der Waals surface area contributed by atoms with E-state index in [1.807, 2.05) is 44.3 Å². The number of rotatable bonds is 9. The van der Waals surface area contributed by atoms with E-state index in [9.17, 15) is 0 Å². The maximum atomic E-state index is 5.78. The lowest BCUT2D eigenvalue weighted by Gasteiger charge is -2.25. The second kappa shape index (κ2) is 10.1. The van der Waals surface area contributed by atoms with Crippen LogP contribution in [0.4, 0.5) is 23.4 Å². The van der Waals surface area contributed by atoms with Gasteiger partial charge >= 0.3 is 0 Å². The molecule has 4 aromatic heterocycles. The van der Waals surface area contributed by atoms with Crippen molar-refractivity contribution in [2.45, 2.75) is 25.8 Å². The van der Waals surface area contributed by atoms with Gasteiger partial charge in [0.2, 0.25) is 5.95 Å². The smallest absolute Gasteiger partial charge is 0.229 e. The van der Waals surface area contributed by atoms with Gasteiger partial charge in [0.05, 0.1) is 12.6 Å². The van der Waals surface area contributed by atoms with Crippen molar-refractivity contribution < 1.29 is 9.26 Å². The van der Waals surface area contributed by atoms with E-state index in [1.165, 1.54) is 0 Å². The molecule has 0 aliphatic carbocycles. The Bertz CT molecular complexity index is 1260. The van der Waals surface area contributed by atoms with Crippen LogP contribution >= 0.6 is 0 Å². The molecule has 5 rings (SSSR count). The number of likely N-dealkylation sites (N-methyl/N-ethyl adjacent to an activating group) is 1. The molecule has 1 fully saturated rings. The van der Waals surface area contributed by atoms with Crippen molar-refractivity contribution in [3.05, 3.63) is 54.2 Å². The lowest BCUT2D eigenvalue weighted by molar-refractivity contribution is 0.206. The van der Waals surface area contributed by atoms with Gasteiger partial charge in [-0.1, -0.05) is 5.16 Å². The first-order valence-corrected chi connectivity index (χ1v) is 11.6. The third-order valence-electron chi connectivity index (χ3n) is 6.01. The Morgan fingerprint density at radius 3 is 2.94 bits per heavy atom. The standard InChI is InChI=1S/C24H29N9O2/c1-16-12-22(30-29-16)26-21-14-23(32(2)10-11-34-3)28-24(27-21)33-9-5-7-19(33)20-13-18(31-35-20)17-6-4-8-25-15-17/h4,6,8,12-15,19H,5,7,9-11H2,1-3H3,(H2,26,27,28,29,30)/t19-/m0/s1. The van der Waals surface area contributed by atoms with Crippen LogP contribution in [0.2, 0.25) is 0 Å². The largest absolute Gasteiger partial charge is 0.383 e. The van der Waals surface area contributed by atoms with Crippen LogP contribution in [-0.2, 0) is 4.74 Å². The van der Waals surface area contributed by atoms with Crippen molar-refractivity contribution in [2.75, 3.05) is 49.0 Å². The molecular weight excluding hydrogens is 446 g/mol. The SMILES string of the molecule is COCCN(C)c1cc(Nc2cc(C)[nH]n2)nc(N2CCC[C@H]2c2cc(-c3cccnc3)no2)n1. The van der Waals surface area contributed by atoms with Crippen molar-refractivity contribution in [1.82, 2.24) is 30.3 Å². The number of pyridine rings is 1. The maximum Gasteiger partial charge on any atom is 0.229 e. The molecule has 0 radical (unpaired) electrons. The molecule has 11 heteroatoms. The molecule has 0 amide bonds. The molecule has 0 unspecified atom stereocenters. The first-order chi connectivity index (χ1) is 17.1. The van der Waals surface area contributed by atoms with E-state index in [4.69, 9.17) is 19.2 Å². The first-order valence-electron chi connectivity index (χ1n) is 11.6. The Morgan fingerprint density at radius 1 is 1.26 bits per heavy atom. The Hall–Kier alpha value is -3.99. The van der Waals surface area contributed by atoms with Crippen molar-refractivity contribution >= 4 is 23.4 Å². The predicted molar refractivity (Wildman–Crippen MR) is 133 cm³/mol. The highest BCUT2D eigenvalue weighted by Gasteiger charge is 2.32. The van der Waals surface area contributed by atoms with Crippen LogP contribution in [0.25, 0.3) is 11.3 Å². The van der Waals surface area contributed by atoms with E-state index >= 15 is 0 Å². The molecule has 11 nitrogen and oxygen atoms in total. The summed E-state index contributed by atoms with van der Waals surface area (Å²) < 4.78 is 11.0. The Labute approximate surface area is 203 Å². The van der Waals surface area contributed by atoms with Crippen LogP contribution in [-0.4, -0.2) is 64.2 Å². The molecule has 0 spiro atoms. The molecule has 0 aromatic carbocycles. The van der Waals surface area contributed by atoms with E-state index in [1.54, 1.807) is 19.5 Å². The number of ether oxygens (including phenoxy) is 1. The topological polar surface area (TPSA) is 121 Å². The van der Waals surface area contributed by atoms with Gasteiger partial charge in [-0.25, -0.2) is 0 Å². The highest BCUT2D eigenvalue weighted by atomic mass is 16.5. The van der Waals surface area contributed by atoms with Gasteiger partial charge in [0.25, 0.3) is 0 Å². The highest BCUT2D eigenvalue weighted by Crippen LogP contribution is 2.37. The fourth-order valence-electron chi connectivity index (χ4n) is 4.16. The summed E-state index contributed by atoms with van der Waals surface area (Å²) in [5, 5.41) is 14.8. The summed E-state index contributed by atoms with van der Waals surface area (Å²) in [4.78, 5) is 18.2. The fraction of sp³-hybridized carbons (Fsp3) is 0.375. The van der Waals surface area contributed by atoms with Crippen molar-refractivity contribution in [2.24, 2.45) is 0 Å². The van der Waals surface area contributed by atoms with E-state index < -0.39 is 0 Å². The minimum Gasteiger partial charge on any atom is -0.383 e. The lowest BCUT2D eigenvalue weighted by Crippen LogP contribution is -2.27. The number of aryl methyl sites for hydroxylation is 1. The third-order valence-corrected chi connectivity index (χ3v) is 6.01. The molecule has 0 bridgehead atoms. The molecule has 182 valence electrons. The van der Waals surface area contributed by atoms with E-state index in [2.05, 4.69) is 35.5 Å². The Morgan fingerprint density at radius 2 is 2.17 bits per heavy atom. The van der Waals surface area contributed by atoms with Gasteiger partial charge in [-0.3, -0.25) is 10.1 Å². The number of nitrogens with one attached hydrogen (secondary N) is 2. The monoisotopic (exact) mass is 475 g/mol. The fourth-order valence-corrected chi connectivity index (χ4v) is 4.16. The number of H-pyrrole nitrogens is 1. The quantitative estimate of drug-likeness (QED) is 0.370. The number of hydrogen-bond donors (Lipinski definition) is 2. The van der Waals surface area contributed by atoms with Gasteiger partial charge < -0.3 is 24.4 Å². The summed E-state index contributed by atoms with van der Waals surface area (Å²) in [6.07, 6.45) is 5.45. The van der Waals surface area contributed by atoms with Gasteiger partial charge in [-0.15, -0.1) is 0 Å². The molecule has 1 saturated heterocycles. The van der Waals surface area contributed by atoms with Crippen LogP contribution < -0.4 is 15.1 Å². The molecule has 0 saturated carbocycles. The van der Waals surface area contributed by atoms with Gasteiger partial charge in [0.1, 0.15) is 17.3 Å². The van der Waals surface area contributed by atoms with Crippen molar-refractivity contribution in [1.29, 1.82) is 0 Å². The van der Waals surface area contributed by atoms with Crippen molar-refractivity contribution in [3.63, 3.8) is 0 Å². The predicted octanol–water partition coefficient (Wildman–Crippen LogP) is 3.73. The first kappa shape index (κ1) is 22.8. The van der Waals surface area contributed by atoms with Gasteiger partial charge in [0, 0.05) is 69.1 Å². The molecule has 2 N–H and O–H groups in total. The van der Waals surface area contributed by atoms with Gasteiger partial charge in [-0.05, 0) is 31.9 Å². The van der Waals surface area contributed by atoms with Crippen LogP contribution in [0, 0.1) is 6.92 Å². The molecule has 4 aromatic rings. The maximum absolute atomic E-state index is 5.78. The second-order valence-corrected chi connectivity index (χ2v) is 8.59. The highest BCUT2D eigenvalue weighted by molar-refractivity contribution is 5.61. The molecular formula is C24H29N9O2. The normalized spacial score (nSPS) is 15.5. The summed E-state index contributed by atoms with van der Waals surface area (Å²) in [6.45, 7) is 4.08. The van der Waals surface area contributed by atoms with E-state index in [-0.39, 0.29) is 6.04 Å². The minimum absolute atomic E-state index is 0.00655. The Balaban J connectivity index is 1.45. The van der Waals surface area contributed by atoms with E-state index in [0.717, 1.165) is 47.9 Å². The number of aromatic nitrogens is 6. The van der Waals surface area contributed by atoms with Gasteiger partial charge in [-0.2, -0.15) is 15.1 Å². The molecule has 5 heterocycles. The average Bonchev–Trinajstić information content (AvgIpc) is 3.63.